The Morgan fingerprint density at radius 3 is 2.91 bits per heavy atom. The standard InChI is InChI=1S/C17H16N4O2/c1-2-23-17-14(7-4-9-18-17)16(22)20-13-6-3-5-12(11-13)15-8-10-19-21-15/h3-11H,2H2,1H3,(H,19,21)(H,20,22). The Morgan fingerprint density at radius 2 is 2.13 bits per heavy atom. The van der Waals surface area contributed by atoms with Gasteiger partial charge in [-0.2, -0.15) is 5.10 Å². The van der Waals surface area contributed by atoms with Gasteiger partial charge in [-0.3, -0.25) is 9.89 Å². The highest BCUT2D eigenvalue weighted by molar-refractivity contribution is 6.06. The van der Waals surface area contributed by atoms with Gasteiger partial charge in [0.25, 0.3) is 5.91 Å². The summed E-state index contributed by atoms with van der Waals surface area (Å²) in [5.74, 6) is 0.0699. The minimum Gasteiger partial charge on any atom is -0.477 e. The van der Waals surface area contributed by atoms with Crippen LogP contribution in [-0.4, -0.2) is 27.7 Å². The third kappa shape index (κ3) is 3.37. The van der Waals surface area contributed by atoms with E-state index in [0.717, 1.165) is 11.3 Å². The topological polar surface area (TPSA) is 79.9 Å². The first kappa shape index (κ1) is 14.8. The largest absolute Gasteiger partial charge is 0.477 e. The monoisotopic (exact) mass is 308 g/mol. The Hall–Kier alpha value is -3.15. The van der Waals surface area contributed by atoms with Crippen LogP contribution in [0.15, 0.2) is 54.9 Å². The van der Waals surface area contributed by atoms with Gasteiger partial charge in [-0.1, -0.05) is 12.1 Å². The number of nitrogens with one attached hydrogen (secondary N) is 2. The van der Waals surface area contributed by atoms with Gasteiger partial charge >= 0.3 is 0 Å². The Bertz CT molecular complexity index is 800. The molecule has 0 fully saturated rings. The number of benzene rings is 1. The summed E-state index contributed by atoms with van der Waals surface area (Å²) >= 11 is 0. The number of carbonyl (C=O) groups is 1. The number of H-pyrrole nitrogens is 1. The van der Waals surface area contributed by atoms with E-state index in [9.17, 15) is 4.79 Å². The van der Waals surface area contributed by atoms with Gasteiger partial charge < -0.3 is 10.1 Å². The van der Waals surface area contributed by atoms with Gasteiger partial charge in [-0.05, 0) is 37.3 Å². The second-order valence-electron chi connectivity index (χ2n) is 4.79. The van der Waals surface area contributed by atoms with Crippen molar-refractivity contribution in [1.29, 1.82) is 0 Å². The summed E-state index contributed by atoms with van der Waals surface area (Å²) in [5, 5.41) is 9.70. The van der Waals surface area contributed by atoms with Crippen molar-refractivity contribution >= 4 is 11.6 Å². The Labute approximate surface area is 133 Å². The number of carbonyl (C=O) groups excluding carboxylic acids is 1. The van der Waals surface area contributed by atoms with Crippen molar-refractivity contribution < 1.29 is 9.53 Å². The van der Waals surface area contributed by atoms with Crippen LogP contribution in [0.2, 0.25) is 0 Å². The van der Waals surface area contributed by atoms with Crippen LogP contribution in [0.4, 0.5) is 5.69 Å². The number of rotatable bonds is 5. The predicted octanol–water partition coefficient (Wildman–Crippen LogP) is 3.12. The van der Waals surface area contributed by atoms with Crippen LogP contribution in [0.5, 0.6) is 5.88 Å². The lowest BCUT2D eigenvalue weighted by molar-refractivity contribution is 0.102. The molecule has 0 aliphatic heterocycles. The molecule has 2 heterocycles. The molecule has 3 aromatic rings. The smallest absolute Gasteiger partial charge is 0.261 e. The Kier molecular flexibility index (Phi) is 4.33. The van der Waals surface area contributed by atoms with E-state index in [1.54, 1.807) is 24.5 Å². The van der Waals surface area contributed by atoms with Gasteiger partial charge in [0, 0.05) is 23.6 Å². The predicted molar refractivity (Wildman–Crippen MR) is 87.4 cm³/mol. The minimum absolute atomic E-state index is 0.261. The van der Waals surface area contributed by atoms with E-state index in [-0.39, 0.29) is 5.91 Å². The molecule has 0 saturated carbocycles. The van der Waals surface area contributed by atoms with E-state index < -0.39 is 0 Å². The second-order valence-corrected chi connectivity index (χ2v) is 4.79. The molecule has 2 aromatic heterocycles. The molecular weight excluding hydrogens is 292 g/mol. The molecule has 0 saturated heterocycles. The molecule has 116 valence electrons. The molecule has 23 heavy (non-hydrogen) atoms. The van der Waals surface area contributed by atoms with Gasteiger partial charge in [0.05, 0.1) is 12.3 Å². The summed E-state index contributed by atoms with van der Waals surface area (Å²) in [5.41, 5.74) is 2.92. The van der Waals surface area contributed by atoms with Crippen molar-refractivity contribution in [3.05, 3.63) is 60.4 Å². The van der Waals surface area contributed by atoms with Crippen molar-refractivity contribution in [2.45, 2.75) is 6.92 Å². The lowest BCUT2D eigenvalue weighted by Gasteiger charge is -2.10. The number of aromatic nitrogens is 3. The summed E-state index contributed by atoms with van der Waals surface area (Å²) < 4.78 is 5.39. The molecule has 0 aliphatic rings. The highest BCUT2D eigenvalue weighted by Crippen LogP contribution is 2.22. The molecule has 2 N–H and O–H groups in total. The Balaban J connectivity index is 1.82. The van der Waals surface area contributed by atoms with E-state index in [0.29, 0.717) is 23.7 Å². The van der Waals surface area contributed by atoms with E-state index in [1.807, 2.05) is 37.3 Å². The van der Waals surface area contributed by atoms with Gasteiger partial charge in [0.1, 0.15) is 5.56 Å². The number of nitrogens with zero attached hydrogens (tertiary/aromatic N) is 2. The van der Waals surface area contributed by atoms with Gasteiger partial charge in [-0.25, -0.2) is 4.98 Å². The maximum absolute atomic E-state index is 12.5. The first-order chi connectivity index (χ1) is 11.3. The minimum atomic E-state index is -0.261. The average Bonchev–Trinajstić information content (AvgIpc) is 3.10. The fourth-order valence-corrected chi connectivity index (χ4v) is 2.19. The van der Waals surface area contributed by atoms with Crippen LogP contribution in [0, 0.1) is 0 Å². The van der Waals surface area contributed by atoms with Crippen molar-refractivity contribution in [1.82, 2.24) is 15.2 Å². The molecule has 0 aliphatic carbocycles. The molecule has 0 unspecified atom stereocenters. The number of ether oxygens (including phenoxy) is 1. The maximum atomic E-state index is 12.5. The fourth-order valence-electron chi connectivity index (χ4n) is 2.19. The highest BCUT2D eigenvalue weighted by atomic mass is 16.5. The molecular formula is C17H16N4O2. The number of hydrogen-bond acceptors (Lipinski definition) is 4. The van der Waals surface area contributed by atoms with Gasteiger partial charge in [0.15, 0.2) is 0 Å². The first-order valence-electron chi connectivity index (χ1n) is 7.27. The van der Waals surface area contributed by atoms with E-state index >= 15 is 0 Å². The summed E-state index contributed by atoms with van der Waals surface area (Å²) in [6.07, 6.45) is 3.28. The zero-order valence-corrected chi connectivity index (χ0v) is 12.6. The number of hydrogen-bond donors (Lipinski definition) is 2. The van der Waals surface area contributed by atoms with Crippen molar-refractivity contribution in [2.75, 3.05) is 11.9 Å². The normalized spacial score (nSPS) is 10.3. The molecule has 0 atom stereocenters. The highest BCUT2D eigenvalue weighted by Gasteiger charge is 2.13. The van der Waals surface area contributed by atoms with Gasteiger partial charge in [-0.15, -0.1) is 0 Å². The first-order valence-corrected chi connectivity index (χ1v) is 7.27. The molecule has 1 amide bonds. The average molecular weight is 308 g/mol. The number of pyridine rings is 1. The molecule has 0 spiro atoms. The number of amides is 1. The van der Waals surface area contributed by atoms with Crippen LogP contribution in [0.3, 0.4) is 0 Å². The Morgan fingerprint density at radius 1 is 1.22 bits per heavy atom. The molecule has 0 bridgehead atoms. The third-order valence-corrected chi connectivity index (χ3v) is 3.23. The lowest BCUT2D eigenvalue weighted by atomic mass is 10.1. The van der Waals surface area contributed by atoms with Gasteiger partial charge in [0.2, 0.25) is 5.88 Å². The molecule has 0 radical (unpaired) electrons. The summed E-state index contributed by atoms with van der Waals surface area (Å²) in [7, 11) is 0. The van der Waals surface area contributed by atoms with E-state index in [2.05, 4.69) is 20.5 Å². The summed E-state index contributed by atoms with van der Waals surface area (Å²) in [6.45, 7) is 2.30. The van der Waals surface area contributed by atoms with Crippen LogP contribution in [0.1, 0.15) is 17.3 Å². The van der Waals surface area contributed by atoms with E-state index in [1.165, 1.54) is 0 Å². The number of aromatic amines is 1. The summed E-state index contributed by atoms with van der Waals surface area (Å²) in [6, 6.07) is 12.8. The molecule has 6 heteroatoms. The second kappa shape index (κ2) is 6.74. The lowest BCUT2D eigenvalue weighted by Crippen LogP contribution is -2.14. The SMILES string of the molecule is CCOc1ncccc1C(=O)Nc1cccc(-c2ccn[nH]2)c1. The quantitative estimate of drug-likeness (QED) is 0.759. The zero-order valence-electron chi connectivity index (χ0n) is 12.6. The van der Waals surface area contributed by atoms with Crippen molar-refractivity contribution in [3.63, 3.8) is 0 Å². The number of anilines is 1. The molecule has 3 rings (SSSR count). The van der Waals surface area contributed by atoms with Crippen molar-refractivity contribution in [3.8, 4) is 17.1 Å². The molecule has 1 aromatic carbocycles. The summed E-state index contributed by atoms with van der Waals surface area (Å²) in [4.78, 5) is 16.5. The van der Waals surface area contributed by atoms with Crippen molar-refractivity contribution in [2.24, 2.45) is 0 Å². The third-order valence-electron chi connectivity index (χ3n) is 3.23. The van der Waals surface area contributed by atoms with E-state index in [4.69, 9.17) is 4.74 Å². The van der Waals surface area contributed by atoms with Crippen LogP contribution in [-0.2, 0) is 0 Å². The van der Waals surface area contributed by atoms with Crippen LogP contribution < -0.4 is 10.1 Å². The van der Waals surface area contributed by atoms with Crippen LogP contribution in [0.25, 0.3) is 11.3 Å². The molecule has 6 nitrogen and oxygen atoms in total. The fraction of sp³-hybridized carbons (Fsp3) is 0.118. The maximum Gasteiger partial charge on any atom is 0.261 e. The van der Waals surface area contributed by atoms with Crippen LogP contribution >= 0.6 is 0 Å². The zero-order chi connectivity index (χ0) is 16.1.